The van der Waals surface area contributed by atoms with Crippen LogP contribution in [0.1, 0.15) is 29.8 Å². The van der Waals surface area contributed by atoms with E-state index in [4.69, 9.17) is 11.5 Å². The normalized spacial score (nSPS) is 11.8. The number of terminal acetylenes is 1. The van der Waals surface area contributed by atoms with Crippen LogP contribution in [0.15, 0.2) is 24.3 Å². The molecule has 1 unspecified atom stereocenters. The summed E-state index contributed by atoms with van der Waals surface area (Å²) in [5.74, 6) is 0.858. The van der Waals surface area contributed by atoms with Crippen LogP contribution < -0.4 is 0 Å². The molecule has 5 heteroatoms. The largest absolute Gasteiger partial charge is 0.480 e. The van der Waals surface area contributed by atoms with Gasteiger partial charge >= 0.3 is 5.97 Å². The number of benzene rings is 1. The number of nitrogens with zero attached hydrogens (tertiary/aromatic N) is 1. The van der Waals surface area contributed by atoms with E-state index in [1.165, 1.54) is 4.90 Å². The van der Waals surface area contributed by atoms with Gasteiger partial charge < -0.3 is 15.1 Å². The molecule has 1 aromatic rings. The third-order valence-electron chi connectivity index (χ3n) is 2.96. The Kier molecular flexibility index (Phi) is 5.94. The number of hydrogen-bond acceptors (Lipinski definition) is 3. The fraction of sp³-hybridized carbons (Fsp3) is 0.375. The Labute approximate surface area is 124 Å². The van der Waals surface area contributed by atoms with Crippen molar-refractivity contribution >= 4 is 11.9 Å². The number of carboxylic acid groups (broad SMARTS) is 1. The van der Waals surface area contributed by atoms with Crippen molar-refractivity contribution in [1.82, 2.24) is 4.90 Å². The van der Waals surface area contributed by atoms with E-state index >= 15 is 0 Å². The van der Waals surface area contributed by atoms with E-state index in [2.05, 4.69) is 5.92 Å². The highest BCUT2D eigenvalue weighted by Crippen LogP contribution is 2.13. The van der Waals surface area contributed by atoms with Crippen LogP contribution in [-0.4, -0.2) is 46.2 Å². The molecule has 0 aromatic heterocycles. The number of aliphatic carboxylic acids is 1. The lowest BCUT2D eigenvalue weighted by molar-refractivity contribution is -0.143. The summed E-state index contributed by atoms with van der Waals surface area (Å²) in [5.41, 5.74) is 0.980. The zero-order valence-electron chi connectivity index (χ0n) is 12.1. The van der Waals surface area contributed by atoms with Crippen LogP contribution in [-0.2, 0) is 4.79 Å². The second kappa shape index (κ2) is 7.46. The minimum Gasteiger partial charge on any atom is -0.480 e. The van der Waals surface area contributed by atoms with Gasteiger partial charge in [0.15, 0.2) is 6.04 Å². The first-order valence-corrected chi connectivity index (χ1v) is 6.62. The Balaban J connectivity index is 3.09. The topological polar surface area (TPSA) is 77.8 Å². The van der Waals surface area contributed by atoms with Crippen molar-refractivity contribution in [1.29, 1.82) is 0 Å². The van der Waals surface area contributed by atoms with Gasteiger partial charge in [0.25, 0.3) is 5.91 Å². The van der Waals surface area contributed by atoms with Crippen LogP contribution in [0.25, 0.3) is 0 Å². The summed E-state index contributed by atoms with van der Waals surface area (Å²) in [4.78, 5) is 24.9. The van der Waals surface area contributed by atoms with Crippen molar-refractivity contribution in [3.05, 3.63) is 35.4 Å². The van der Waals surface area contributed by atoms with Crippen molar-refractivity contribution in [2.24, 2.45) is 5.92 Å². The molecule has 0 aliphatic carbocycles. The number of rotatable bonds is 6. The summed E-state index contributed by atoms with van der Waals surface area (Å²) in [6.07, 6.45) is 5.26. The summed E-state index contributed by atoms with van der Waals surface area (Å²) in [6.45, 7) is 3.36. The smallest absolute Gasteiger partial charge is 0.328 e. The highest BCUT2D eigenvalue weighted by atomic mass is 16.4. The fourth-order valence-corrected chi connectivity index (χ4v) is 1.93. The van der Waals surface area contributed by atoms with Crippen LogP contribution >= 0.6 is 0 Å². The Morgan fingerprint density at radius 1 is 1.29 bits per heavy atom. The van der Waals surface area contributed by atoms with Gasteiger partial charge in [0.05, 0.1) is 6.61 Å². The molecule has 2 N–H and O–H groups in total. The fourth-order valence-electron chi connectivity index (χ4n) is 1.93. The van der Waals surface area contributed by atoms with Gasteiger partial charge in [-0.15, -0.1) is 6.42 Å². The van der Waals surface area contributed by atoms with Crippen molar-refractivity contribution in [3.63, 3.8) is 0 Å². The van der Waals surface area contributed by atoms with Crippen molar-refractivity contribution in [3.8, 4) is 12.3 Å². The highest BCUT2D eigenvalue weighted by molar-refractivity contribution is 5.96. The molecule has 0 spiro atoms. The van der Waals surface area contributed by atoms with Gasteiger partial charge in [0.1, 0.15) is 0 Å². The average molecular weight is 289 g/mol. The number of carbonyl (C=O) groups is 2. The standard InChI is InChI=1S/C16H19NO4/c1-4-12-5-7-13(8-6-12)15(19)17(9-11(2)3)14(10-18)16(20)21/h1,5-8,11,14,18H,9-10H2,2-3H3,(H,20,21). The average Bonchev–Trinajstić information content (AvgIpc) is 2.45. The summed E-state index contributed by atoms with van der Waals surface area (Å²) in [6, 6.07) is 5.10. The molecule has 0 bridgehead atoms. The quantitative estimate of drug-likeness (QED) is 0.772. The highest BCUT2D eigenvalue weighted by Gasteiger charge is 2.30. The lowest BCUT2D eigenvalue weighted by atomic mass is 10.1. The van der Waals surface area contributed by atoms with E-state index in [9.17, 15) is 14.7 Å². The molecule has 1 amide bonds. The van der Waals surface area contributed by atoms with E-state index in [0.717, 1.165) is 0 Å². The maximum atomic E-state index is 12.5. The molecule has 1 atom stereocenters. The minimum atomic E-state index is -1.26. The van der Waals surface area contributed by atoms with Crippen molar-refractivity contribution in [2.45, 2.75) is 19.9 Å². The third-order valence-corrected chi connectivity index (χ3v) is 2.96. The molecule has 21 heavy (non-hydrogen) atoms. The Morgan fingerprint density at radius 3 is 2.24 bits per heavy atom. The molecule has 0 radical (unpaired) electrons. The molecule has 0 saturated carbocycles. The summed E-state index contributed by atoms with van der Waals surface area (Å²) in [7, 11) is 0. The number of aliphatic hydroxyl groups excluding tert-OH is 1. The molecule has 112 valence electrons. The zero-order chi connectivity index (χ0) is 16.0. The first-order chi connectivity index (χ1) is 9.90. The van der Waals surface area contributed by atoms with Crippen LogP contribution in [0, 0.1) is 18.3 Å². The zero-order valence-corrected chi connectivity index (χ0v) is 12.1. The predicted octanol–water partition coefficient (Wildman–Crippen LogP) is 1.21. The minimum absolute atomic E-state index is 0.0762. The van der Waals surface area contributed by atoms with E-state index < -0.39 is 24.5 Å². The van der Waals surface area contributed by atoms with Crippen LogP contribution in [0.4, 0.5) is 0 Å². The van der Waals surface area contributed by atoms with E-state index in [1.807, 2.05) is 13.8 Å². The van der Waals surface area contributed by atoms with Crippen LogP contribution in [0.2, 0.25) is 0 Å². The lowest BCUT2D eigenvalue weighted by Gasteiger charge is -2.29. The number of amides is 1. The summed E-state index contributed by atoms with van der Waals surface area (Å²) in [5, 5.41) is 18.4. The Hall–Kier alpha value is -2.32. The molecule has 0 fully saturated rings. The van der Waals surface area contributed by atoms with Gasteiger partial charge in [-0.2, -0.15) is 0 Å². The number of aliphatic hydroxyl groups is 1. The first kappa shape index (κ1) is 16.7. The molecule has 1 aromatic carbocycles. The number of carboxylic acids is 1. The third kappa shape index (κ3) is 4.33. The maximum Gasteiger partial charge on any atom is 0.328 e. The predicted molar refractivity (Wildman–Crippen MR) is 78.8 cm³/mol. The molecular weight excluding hydrogens is 270 g/mol. The summed E-state index contributed by atoms with van der Waals surface area (Å²) >= 11 is 0. The molecule has 0 aliphatic heterocycles. The van der Waals surface area contributed by atoms with Gasteiger partial charge in [-0.1, -0.05) is 19.8 Å². The SMILES string of the molecule is C#Cc1ccc(C(=O)N(CC(C)C)C(CO)C(=O)O)cc1. The van der Waals surface area contributed by atoms with Gasteiger partial charge in [0, 0.05) is 17.7 Å². The Bertz CT molecular complexity index is 542. The van der Waals surface area contributed by atoms with Crippen molar-refractivity contribution in [2.75, 3.05) is 13.2 Å². The van der Waals surface area contributed by atoms with Gasteiger partial charge in [-0.3, -0.25) is 4.79 Å². The van der Waals surface area contributed by atoms with Gasteiger partial charge in [-0.05, 0) is 30.2 Å². The van der Waals surface area contributed by atoms with Crippen LogP contribution in [0.3, 0.4) is 0 Å². The molecular formula is C16H19NO4. The van der Waals surface area contributed by atoms with E-state index in [0.29, 0.717) is 11.1 Å². The molecule has 0 saturated heterocycles. The molecule has 0 heterocycles. The second-order valence-electron chi connectivity index (χ2n) is 5.11. The van der Waals surface area contributed by atoms with Gasteiger partial charge in [-0.25, -0.2) is 4.79 Å². The van der Waals surface area contributed by atoms with E-state index in [-0.39, 0.29) is 12.5 Å². The Morgan fingerprint density at radius 2 is 1.86 bits per heavy atom. The first-order valence-electron chi connectivity index (χ1n) is 6.62. The molecule has 1 rings (SSSR count). The van der Waals surface area contributed by atoms with Gasteiger partial charge in [0.2, 0.25) is 0 Å². The molecule has 5 nitrogen and oxygen atoms in total. The monoisotopic (exact) mass is 289 g/mol. The molecule has 0 aliphatic rings. The van der Waals surface area contributed by atoms with Crippen LogP contribution in [0.5, 0.6) is 0 Å². The maximum absolute atomic E-state index is 12.5. The van der Waals surface area contributed by atoms with E-state index in [1.54, 1.807) is 24.3 Å². The summed E-state index contributed by atoms with van der Waals surface area (Å²) < 4.78 is 0. The number of hydrogen-bond donors (Lipinski definition) is 2. The van der Waals surface area contributed by atoms with Crippen molar-refractivity contribution < 1.29 is 19.8 Å². The number of carbonyl (C=O) groups excluding carboxylic acids is 1. The lowest BCUT2D eigenvalue weighted by Crippen LogP contribution is -2.48. The second-order valence-corrected chi connectivity index (χ2v) is 5.11.